The van der Waals surface area contributed by atoms with Crippen LogP contribution in [-0.2, 0) is 0 Å². The molecule has 5 aliphatic rings. The molecular weight excluding hydrogens is 1690 g/mol. The zero-order chi connectivity index (χ0) is 107. The first-order valence-corrected chi connectivity index (χ1v) is 45.7. The van der Waals surface area contributed by atoms with Crippen LogP contribution < -0.4 is 49.0 Å². The van der Waals surface area contributed by atoms with Gasteiger partial charge in [-0.3, -0.25) is 0 Å². The van der Waals surface area contributed by atoms with E-state index in [0.717, 1.165) is 173 Å². The van der Waals surface area contributed by atoms with Crippen molar-refractivity contribution in [1.29, 1.82) is 0 Å². The number of benzene rings is 6. The fraction of sp³-hybridized carbons (Fsp3) is 0.277. The minimum absolute atomic E-state index is 0.0837. The van der Waals surface area contributed by atoms with Crippen molar-refractivity contribution in [3.8, 4) is 0 Å². The zero-order valence-corrected chi connectivity index (χ0v) is 79.2. The van der Waals surface area contributed by atoms with Gasteiger partial charge in [-0.05, 0) is 294 Å². The largest absolute Gasteiger partial charge is 0.435 e. The molecule has 6 aromatic carbocycles. The van der Waals surface area contributed by atoms with E-state index in [1.807, 2.05) is 276 Å². The second kappa shape index (κ2) is 33.7. The summed E-state index contributed by atoms with van der Waals surface area (Å²) in [6, 6.07) is 58.4. The first-order chi connectivity index (χ1) is 71.3. The average Bonchev–Trinajstić information content (AvgIpc) is 1.56. The molecular formula is C112H113N19O5. The van der Waals surface area contributed by atoms with Gasteiger partial charge in [0.2, 0.25) is 28.6 Å². The fourth-order valence-corrected chi connectivity index (χ4v) is 20.4. The average molecular weight is 1820 g/mol. The Morgan fingerprint density at radius 1 is 0.257 bits per heavy atom. The van der Waals surface area contributed by atoms with Crippen LogP contribution >= 0.6 is 0 Å². The predicted molar refractivity (Wildman–Crippen MR) is 556 cm³/mol. The van der Waals surface area contributed by atoms with Crippen molar-refractivity contribution in [3.63, 3.8) is 0 Å². The molecule has 0 radical (unpaired) electrons. The molecule has 0 saturated heterocycles. The van der Waals surface area contributed by atoms with Gasteiger partial charge in [-0.2, -0.15) is 0 Å². The Labute approximate surface area is 812 Å². The highest BCUT2D eigenvalue weighted by Gasteiger charge is 2.44. The van der Waals surface area contributed by atoms with Crippen molar-refractivity contribution >= 4 is 196 Å². The minimum atomic E-state index is -2.52. The Kier molecular flexibility index (Phi) is 17.7. The summed E-state index contributed by atoms with van der Waals surface area (Å²) in [6.07, 6.45) is 4.89. The Bertz CT molecular complexity index is 8170. The summed E-state index contributed by atoms with van der Waals surface area (Å²) >= 11 is 0. The lowest BCUT2D eigenvalue weighted by Gasteiger charge is -2.33. The summed E-state index contributed by atoms with van der Waals surface area (Å²) in [6.45, 7) is 26.5. The van der Waals surface area contributed by atoms with Gasteiger partial charge in [0.25, 0.3) is 0 Å². The highest BCUT2D eigenvalue weighted by atomic mass is 16.4. The van der Waals surface area contributed by atoms with Gasteiger partial charge in [0.1, 0.15) is 30.8 Å². The van der Waals surface area contributed by atoms with Gasteiger partial charge in [-0.1, -0.05) is 72.8 Å². The first-order valence-electron chi connectivity index (χ1n) is 53.2. The summed E-state index contributed by atoms with van der Waals surface area (Å²) in [5, 5.41) is 9.59. The molecule has 14 aromatic heterocycles. The van der Waals surface area contributed by atoms with E-state index in [1.54, 1.807) is 52.8 Å². The van der Waals surface area contributed by atoms with Crippen LogP contribution in [-0.4, -0.2) is 108 Å². The second-order valence-electron chi connectivity index (χ2n) is 35.9. The Morgan fingerprint density at radius 3 is 0.853 bits per heavy atom. The number of aromatic nitrogens is 9. The lowest BCUT2D eigenvalue weighted by atomic mass is 10.1. The van der Waals surface area contributed by atoms with Crippen LogP contribution in [0.4, 0.5) is 85.8 Å². The van der Waals surface area contributed by atoms with Gasteiger partial charge in [0.05, 0.1) is 66.7 Å². The van der Waals surface area contributed by atoms with Crippen molar-refractivity contribution in [1.82, 2.24) is 44.9 Å². The number of nitrogens with zero attached hydrogens (tertiary/aromatic N) is 19. The van der Waals surface area contributed by atoms with E-state index in [0.29, 0.717) is 79.7 Å². The number of anilines is 15. The number of pyridine rings is 9. The molecule has 686 valence electrons. The number of fused-ring (bicyclic) bond motifs is 20. The van der Waals surface area contributed by atoms with Crippen LogP contribution in [0.1, 0.15) is 153 Å². The van der Waals surface area contributed by atoms with Crippen LogP contribution in [0.15, 0.2) is 241 Å². The summed E-state index contributed by atoms with van der Waals surface area (Å²) < 4.78 is 154. The lowest BCUT2D eigenvalue weighted by molar-refractivity contribution is 0.601. The number of furan rings is 5. The maximum Gasteiger partial charge on any atom is 0.227 e. The Morgan fingerprint density at radius 2 is 0.515 bits per heavy atom. The number of rotatable bonds is 8. The van der Waals surface area contributed by atoms with E-state index < -0.39 is 70.4 Å². The molecule has 0 aliphatic carbocycles. The monoisotopic (exact) mass is 1820 g/mol. The van der Waals surface area contributed by atoms with E-state index >= 15 is 0 Å². The smallest absolute Gasteiger partial charge is 0.227 e. The molecule has 25 rings (SSSR count). The van der Waals surface area contributed by atoms with Gasteiger partial charge in [-0.25, -0.2) is 44.9 Å². The zero-order valence-electron chi connectivity index (χ0n) is 94.2. The summed E-state index contributed by atoms with van der Waals surface area (Å²) in [5.74, 6) is 2.50. The number of aryl methyl sites for hydroxylation is 10. The second-order valence-corrected chi connectivity index (χ2v) is 35.9. The molecule has 0 bridgehead atoms. The van der Waals surface area contributed by atoms with E-state index in [1.165, 1.54) is 23.6 Å². The van der Waals surface area contributed by atoms with Crippen molar-refractivity contribution in [2.45, 2.75) is 194 Å². The summed E-state index contributed by atoms with van der Waals surface area (Å²) in [4.78, 5) is 59.3. The molecule has 0 N–H and O–H groups in total. The van der Waals surface area contributed by atoms with Crippen LogP contribution in [0.2, 0.25) is 0 Å². The molecule has 0 saturated carbocycles. The third-order valence-electron chi connectivity index (χ3n) is 26.7. The van der Waals surface area contributed by atoms with E-state index in [-0.39, 0.29) is 6.17 Å². The minimum Gasteiger partial charge on any atom is -0.435 e. The number of hydrogen-bond acceptors (Lipinski definition) is 24. The SMILES string of the molecule is [2H]C(C)(C)N1c2cccnc2N(c2c(C)ccc3c2oc2nc(C)ccc23)[C@H]1C.[2H]C([2H])([2H])C([2H])(C)N1c2ccccc2N(c2c(C)ccc3c2oc2nc(C)ccc23)[C@H]1C.[2H]C([2H])([2H])C([2H])(C)N1c2cccnc2N(c2c(C)ccc3c2oc2nc(C)ccc23)[C@H]1C.[2H]C([2H])([2H])N1c2cccnc2N(c2c(C)ccc3c2oc2nc(C)ccc23)[C@H]1C.[2H]C([2H])([2H])N1c2ncccc2N(c2c(C)ccc3c2oc2nc(C)ccc23)[C@H]1C. The van der Waals surface area contributed by atoms with Gasteiger partial charge >= 0.3 is 0 Å². The standard InChI is InChI=1S/C24H25N3O.2C23H24N4O.2C21H20N4O/c1-14(2)26-17(5)27(21-9-7-6-8-20(21)26)22-15(3)10-12-18-19-13-11-16(4)25-24(19)28-23(18)22;2*1-13(2)26-16(5)27(22-19(26)7-6-12-24-22)20-14(3)8-10-17-18-11-9-15(4)25-23(18)28-21(17)20;1-12-7-9-15-16-10-8-13(2)23-21(16)26-19(15)18(12)25-14(3)24(4)20-17(25)6-5-11-22-20;1-12-7-9-15-16-10-8-13(2)23-21(16)26-19(15)18(12)25-14(3)24(4)17-6-5-11-22-20(17)25/h6-14,17H,1-5H3;2*6-13,16H,1-5H3;2*5-11,14H,1-4H3/t17-;2*16-;2*14-/m00000/s1/i1D3,14D;1D3,13D;13D;2*4D3/t14?,17-;13?,16-;3m. The Balaban J connectivity index is 0.000000110. The highest BCUT2D eigenvalue weighted by molar-refractivity contribution is 6.15. The van der Waals surface area contributed by atoms with Gasteiger partial charge < -0.3 is 71.1 Å². The Hall–Kier alpha value is -15.3. The normalized spacial score (nSPS) is 19.6. The van der Waals surface area contributed by atoms with Crippen LogP contribution in [0.5, 0.6) is 0 Å². The maximum absolute atomic E-state index is 8.82. The van der Waals surface area contributed by atoms with Crippen LogP contribution in [0, 0.1) is 69.2 Å². The van der Waals surface area contributed by atoms with Crippen molar-refractivity contribution in [2.24, 2.45) is 0 Å². The lowest BCUT2D eigenvalue weighted by Crippen LogP contribution is -2.42. The predicted octanol–water partition coefficient (Wildman–Crippen LogP) is 27.6. The van der Waals surface area contributed by atoms with Gasteiger partial charge in [0.15, 0.2) is 51.2 Å². The molecule has 2 unspecified atom stereocenters. The topological polar surface area (TPSA) is 214 Å². The molecule has 0 amide bonds. The third-order valence-corrected chi connectivity index (χ3v) is 26.7. The molecule has 136 heavy (non-hydrogen) atoms. The van der Waals surface area contributed by atoms with Crippen molar-refractivity contribution in [2.75, 3.05) is 63.0 Å². The van der Waals surface area contributed by atoms with Gasteiger partial charge in [-0.15, -0.1) is 0 Å². The molecule has 0 spiro atoms. The van der Waals surface area contributed by atoms with Crippen molar-refractivity contribution < 1.29 is 42.6 Å². The highest BCUT2D eigenvalue weighted by Crippen LogP contribution is 2.55. The molecule has 20 aromatic rings. The molecule has 7 atom stereocenters. The number of hydrogen-bond donors (Lipinski definition) is 0. The number of para-hydroxylation sites is 2. The molecule has 24 nitrogen and oxygen atoms in total. The molecule has 0 fully saturated rings. The van der Waals surface area contributed by atoms with Crippen molar-refractivity contribution in [3.05, 3.63) is 275 Å². The molecule has 24 heteroatoms. The summed E-state index contributed by atoms with van der Waals surface area (Å²) in [5.41, 5.74) is 24.8. The van der Waals surface area contributed by atoms with E-state index in [2.05, 4.69) is 86.6 Å². The molecule has 19 heterocycles. The quantitative estimate of drug-likeness (QED) is 0.138. The van der Waals surface area contributed by atoms with Crippen LogP contribution in [0.25, 0.3) is 110 Å². The molecule has 5 aliphatic heterocycles. The van der Waals surface area contributed by atoms with E-state index in [4.69, 9.17) is 47.6 Å². The van der Waals surface area contributed by atoms with Crippen LogP contribution in [0.3, 0.4) is 0 Å². The fourth-order valence-electron chi connectivity index (χ4n) is 20.4. The first kappa shape index (κ1) is 71.3. The van der Waals surface area contributed by atoms with E-state index in [9.17, 15) is 0 Å². The third kappa shape index (κ3) is 14.1. The van der Waals surface area contributed by atoms with Gasteiger partial charge in [0, 0.05) is 156 Å². The summed E-state index contributed by atoms with van der Waals surface area (Å²) in [7, 11) is 0. The maximum atomic E-state index is 8.82.